The normalized spacial score (nSPS) is 11.0. The number of pyridine rings is 1. The average molecular weight is 414 g/mol. The van der Waals surface area contributed by atoms with Crippen LogP contribution in [-0.4, -0.2) is 33.4 Å². The molecule has 7 nitrogen and oxygen atoms in total. The van der Waals surface area contributed by atoms with E-state index in [-0.39, 0.29) is 11.1 Å². The molecule has 0 spiro atoms. The Morgan fingerprint density at radius 2 is 2.11 bits per heavy atom. The van der Waals surface area contributed by atoms with Gasteiger partial charge in [0.25, 0.3) is 11.5 Å². The number of fused-ring (bicyclic) bond motifs is 2. The lowest BCUT2D eigenvalue weighted by Gasteiger charge is -2.10. The summed E-state index contributed by atoms with van der Waals surface area (Å²) in [6.45, 7) is 1.09. The summed E-state index contributed by atoms with van der Waals surface area (Å²) in [5, 5.41) is 9.50. The number of anilines is 1. The van der Waals surface area contributed by atoms with Crippen LogP contribution in [0.2, 0.25) is 5.02 Å². The first kappa shape index (κ1) is 18.4. The zero-order valence-corrected chi connectivity index (χ0v) is 16.3. The number of aromatic nitrogens is 3. The molecule has 0 unspecified atom stereocenters. The van der Waals surface area contributed by atoms with Gasteiger partial charge in [-0.1, -0.05) is 11.6 Å². The summed E-state index contributed by atoms with van der Waals surface area (Å²) in [5.41, 5.74) is 1.46. The van der Waals surface area contributed by atoms with E-state index in [1.807, 2.05) is 24.3 Å². The third kappa shape index (κ3) is 3.69. The number of nitrogens with zero attached hydrogens (tertiary/aromatic N) is 3. The molecule has 0 fully saturated rings. The van der Waals surface area contributed by atoms with E-state index in [4.69, 9.17) is 11.6 Å². The maximum Gasteiger partial charge on any atom is 0.271 e. The maximum atomic E-state index is 12.3. The van der Waals surface area contributed by atoms with Gasteiger partial charge in [-0.2, -0.15) is 0 Å². The molecule has 9 heteroatoms. The maximum absolute atomic E-state index is 12.3. The van der Waals surface area contributed by atoms with Crippen molar-refractivity contribution in [1.29, 1.82) is 0 Å². The molecule has 0 aliphatic heterocycles. The summed E-state index contributed by atoms with van der Waals surface area (Å²) in [4.78, 5) is 33.6. The van der Waals surface area contributed by atoms with E-state index in [0.717, 1.165) is 16.6 Å². The Kier molecular flexibility index (Phi) is 5.23. The van der Waals surface area contributed by atoms with Gasteiger partial charge in [0.05, 0.1) is 5.52 Å². The number of hydrogen-bond donors (Lipinski definition) is 2. The van der Waals surface area contributed by atoms with Gasteiger partial charge < -0.3 is 10.6 Å². The van der Waals surface area contributed by atoms with Crippen LogP contribution < -0.4 is 16.2 Å². The molecule has 28 heavy (non-hydrogen) atoms. The quantitative estimate of drug-likeness (QED) is 0.474. The number of nitrogens with one attached hydrogen (secondary N) is 2. The summed E-state index contributed by atoms with van der Waals surface area (Å²) in [7, 11) is 0. The highest BCUT2D eigenvalue weighted by Gasteiger charge is 2.13. The molecule has 2 N–H and O–H groups in total. The topological polar surface area (TPSA) is 88.4 Å². The molecular formula is C19H16ClN5O2S. The van der Waals surface area contributed by atoms with E-state index in [9.17, 15) is 9.59 Å². The zero-order valence-electron chi connectivity index (χ0n) is 14.7. The fourth-order valence-electron chi connectivity index (χ4n) is 2.86. The predicted octanol–water partition coefficient (Wildman–Crippen LogP) is 3.19. The standard InChI is InChI=1S/C19H16ClN5O2S/c20-12-2-3-13-15(4-7-22-16(13)10-12)21-5-1-6-23-17(26)14-11-24-19-25(18(14)27)8-9-28-19/h2-4,7-11H,1,5-6H2,(H,21,22)(H,23,26). The molecule has 142 valence electrons. The molecule has 0 atom stereocenters. The Bertz CT molecular complexity index is 1220. The van der Waals surface area contributed by atoms with Crippen LogP contribution in [0.1, 0.15) is 16.8 Å². The predicted molar refractivity (Wildman–Crippen MR) is 112 cm³/mol. The second-order valence-corrected chi connectivity index (χ2v) is 7.40. The molecule has 4 aromatic rings. The first-order chi connectivity index (χ1) is 13.6. The largest absolute Gasteiger partial charge is 0.384 e. The van der Waals surface area contributed by atoms with Gasteiger partial charge in [-0.3, -0.25) is 19.0 Å². The highest BCUT2D eigenvalue weighted by molar-refractivity contribution is 7.15. The van der Waals surface area contributed by atoms with Crippen molar-refractivity contribution < 1.29 is 4.79 Å². The van der Waals surface area contributed by atoms with Gasteiger partial charge in [-0.25, -0.2) is 4.98 Å². The summed E-state index contributed by atoms with van der Waals surface area (Å²) in [6.07, 6.45) is 5.36. The molecule has 3 aromatic heterocycles. The zero-order chi connectivity index (χ0) is 19.5. The highest BCUT2D eigenvalue weighted by atomic mass is 35.5. The van der Waals surface area contributed by atoms with E-state index in [1.165, 1.54) is 21.9 Å². The van der Waals surface area contributed by atoms with Crippen molar-refractivity contribution in [3.8, 4) is 0 Å². The van der Waals surface area contributed by atoms with Crippen LogP contribution >= 0.6 is 22.9 Å². The molecule has 0 aliphatic rings. The second kappa shape index (κ2) is 7.95. The molecular weight excluding hydrogens is 398 g/mol. The van der Waals surface area contributed by atoms with Crippen LogP contribution in [0.5, 0.6) is 0 Å². The summed E-state index contributed by atoms with van der Waals surface area (Å²) >= 11 is 7.35. The molecule has 0 saturated carbocycles. The molecule has 3 heterocycles. The molecule has 1 aromatic carbocycles. The first-order valence-electron chi connectivity index (χ1n) is 8.65. The van der Waals surface area contributed by atoms with Crippen molar-refractivity contribution in [2.45, 2.75) is 6.42 Å². The summed E-state index contributed by atoms with van der Waals surface area (Å²) in [5.74, 6) is -0.415. The van der Waals surface area contributed by atoms with Crippen LogP contribution in [0.3, 0.4) is 0 Å². The third-order valence-electron chi connectivity index (χ3n) is 4.25. The van der Waals surface area contributed by atoms with Gasteiger partial charge in [0, 0.05) is 53.2 Å². The SMILES string of the molecule is O=C(NCCCNc1ccnc2cc(Cl)ccc12)c1cnc2sccn2c1=O. The molecule has 0 bridgehead atoms. The Balaban J connectivity index is 1.33. The van der Waals surface area contributed by atoms with Gasteiger partial charge in [0.1, 0.15) is 5.56 Å². The minimum absolute atomic E-state index is 0.0425. The Morgan fingerprint density at radius 3 is 3.00 bits per heavy atom. The van der Waals surface area contributed by atoms with Crippen molar-refractivity contribution in [2.75, 3.05) is 18.4 Å². The second-order valence-electron chi connectivity index (χ2n) is 6.09. The van der Waals surface area contributed by atoms with E-state index < -0.39 is 5.91 Å². The average Bonchev–Trinajstić information content (AvgIpc) is 3.17. The molecule has 0 saturated heterocycles. The smallest absolute Gasteiger partial charge is 0.271 e. The Morgan fingerprint density at radius 1 is 1.21 bits per heavy atom. The van der Waals surface area contributed by atoms with Crippen LogP contribution in [0.15, 0.2) is 53.0 Å². The lowest BCUT2D eigenvalue weighted by molar-refractivity contribution is 0.0951. The van der Waals surface area contributed by atoms with Crippen LogP contribution in [-0.2, 0) is 0 Å². The van der Waals surface area contributed by atoms with E-state index >= 15 is 0 Å². The fourth-order valence-corrected chi connectivity index (χ4v) is 3.71. The van der Waals surface area contributed by atoms with Crippen LogP contribution in [0, 0.1) is 0 Å². The van der Waals surface area contributed by atoms with E-state index in [1.54, 1.807) is 17.8 Å². The van der Waals surface area contributed by atoms with Crippen LogP contribution in [0.25, 0.3) is 15.9 Å². The van der Waals surface area contributed by atoms with Gasteiger partial charge >= 0.3 is 0 Å². The minimum atomic E-state index is -0.415. The van der Waals surface area contributed by atoms with Gasteiger partial charge in [-0.05, 0) is 30.7 Å². The van der Waals surface area contributed by atoms with Crippen molar-refractivity contribution in [3.05, 3.63) is 69.2 Å². The van der Waals surface area contributed by atoms with Crippen molar-refractivity contribution in [3.63, 3.8) is 0 Å². The monoisotopic (exact) mass is 413 g/mol. The Hall–Kier alpha value is -2.97. The van der Waals surface area contributed by atoms with Gasteiger partial charge in [-0.15, -0.1) is 11.3 Å². The molecule has 4 rings (SSSR count). The van der Waals surface area contributed by atoms with Gasteiger partial charge in [0.2, 0.25) is 0 Å². The number of hydrogen-bond acceptors (Lipinski definition) is 6. The third-order valence-corrected chi connectivity index (χ3v) is 5.25. The first-order valence-corrected chi connectivity index (χ1v) is 9.90. The van der Waals surface area contributed by atoms with E-state index in [0.29, 0.717) is 29.5 Å². The number of halogens is 1. The molecule has 0 aliphatic carbocycles. The fraction of sp³-hybridized carbons (Fsp3) is 0.158. The van der Waals surface area contributed by atoms with Crippen molar-refractivity contribution in [1.82, 2.24) is 19.7 Å². The minimum Gasteiger partial charge on any atom is -0.384 e. The number of carbonyl (C=O) groups excluding carboxylic acids is 1. The molecule has 1 amide bonds. The lowest BCUT2D eigenvalue weighted by atomic mass is 10.2. The number of thiazole rings is 1. The number of benzene rings is 1. The number of rotatable bonds is 6. The highest BCUT2D eigenvalue weighted by Crippen LogP contribution is 2.24. The lowest BCUT2D eigenvalue weighted by Crippen LogP contribution is -2.32. The van der Waals surface area contributed by atoms with Gasteiger partial charge in [0.15, 0.2) is 4.96 Å². The Labute approximate surface area is 169 Å². The number of carbonyl (C=O) groups is 1. The number of amides is 1. The van der Waals surface area contributed by atoms with Crippen molar-refractivity contribution in [2.24, 2.45) is 0 Å². The summed E-state index contributed by atoms with van der Waals surface area (Å²) < 4.78 is 1.38. The summed E-state index contributed by atoms with van der Waals surface area (Å²) in [6, 6.07) is 7.47. The van der Waals surface area contributed by atoms with E-state index in [2.05, 4.69) is 20.6 Å². The van der Waals surface area contributed by atoms with Crippen molar-refractivity contribution >= 4 is 50.4 Å². The van der Waals surface area contributed by atoms with Crippen LogP contribution in [0.4, 0.5) is 5.69 Å². The molecule has 0 radical (unpaired) electrons.